The summed E-state index contributed by atoms with van der Waals surface area (Å²) in [6.07, 6.45) is 3.93. The van der Waals surface area contributed by atoms with E-state index in [4.69, 9.17) is 4.74 Å². The Labute approximate surface area is 153 Å². The number of carbonyl (C=O) groups excluding carboxylic acids is 1. The monoisotopic (exact) mass is 355 g/mol. The number of hydrogen-bond donors (Lipinski definition) is 1. The van der Waals surface area contributed by atoms with Crippen LogP contribution in [0.25, 0.3) is 0 Å². The van der Waals surface area contributed by atoms with Gasteiger partial charge in [-0.1, -0.05) is 18.2 Å². The van der Waals surface area contributed by atoms with Crippen molar-refractivity contribution in [3.63, 3.8) is 0 Å². The van der Waals surface area contributed by atoms with Gasteiger partial charge < -0.3 is 14.6 Å². The molecule has 26 heavy (non-hydrogen) atoms. The first-order chi connectivity index (χ1) is 12.6. The SMILES string of the molecule is COc1ccccc1[C@H](CNC(=O)c1ccn(C)c(=O)c1)N1CCCC1. The Balaban J connectivity index is 1.78. The third kappa shape index (κ3) is 3.96. The first kappa shape index (κ1) is 18.2. The summed E-state index contributed by atoms with van der Waals surface area (Å²) in [5.74, 6) is 0.592. The maximum atomic E-state index is 12.5. The molecule has 0 saturated carbocycles. The van der Waals surface area contributed by atoms with Crippen molar-refractivity contribution in [3.05, 3.63) is 64.1 Å². The molecule has 0 bridgehead atoms. The largest absolute Gasteiger partial charge is 0.496 e. The molecule has 2 aromatic rings. The lowest BCUT2D eigenvalue weighted by atomic mass is 10.0. The van der Waals surface area contributed by atoms with Crippen LogP contribution in [-0.2, 0) is 7.05 Å². The number of rotatable bonds is 6. The molecule has 138 valence electrons. The van der Waals surface area contributed by atoms with Gasteiger partial charge in [0, 0.05) is 37.0 Å². The molecule has 0 radical (unpaired) electrons. The van der Waals surface area contributed by atoms with Gasteiger partial charge in [0.25, 0.3) is 11.5 Å². The van der Waals surface area contributed by atoms with E-state index >= 15 is 0 Å². The molecule has 1 saturated heterocycles. The second-order valence-corrected chi connectivity index (χ2v) is 6.58. The maximum absolute atomic E-state index is 12.5. The van der Waals surface area contributed by atoms with Gasteiger partial charge in [-0.3, -0.25) is 14.5 Å². The number of nitrogens with zero attached hydrogens (tertiary/aromatic N) is 2. The van der Waals surface area contributed by atoms with Crippen LogP contribution in [0.15, 0.2) is 47.4 Å². The summed E-state index contributed by atoms with van der Waals surface area (Å²) in [4.78, 5) is 26.6. The number of hydrogen-bond acceptors (Lipinski definition) is 4. The van der Waals surface area contributed by atoms with Crippen LogP contribution in [0.2, 0.25) is 0 Å². The van der Waals surface area contributed by atoms with Crippen LogP contribution >= 0.6 is 0 Å². The summed E-state index contributed by atoms with van der Waals surface area (Å²) in [7, 11) is 3.33. The van der Waals surface area contributed by atoms with Crippen molar-refractivity contribution in [1.29, 1.82) is 0 Å². The number of benzene rings is 1. The normalized spacial score (nSPS) is 15.6. The maximum Gasteiger partial charge on any atom is 0.251 e. The second-order valence-electron chi connectivity index (χ2n) is 6.58. The number of aryl methyl sites for hydroxylation is 1. The molecule has 1 aromatic heterocycles. The van der Waals surface area contributed by atoms with Crippen molar-refractivity contribution in [2.75, 3.05) is 26.7 Å². The Morgan fingerprint density at radius 2 is 1.96 bits per heavy atom. The van der Waals surface area contributed by atoms with Gasteiger partial charge in [-0.2, -0.15) is 0 Å². The molecule has 1 aliphatic rings. The highest BCUT2D eigenvalue weighted by atomic mass is 16.5. The number of methoxy groups -OCH3 is 1. The number of amides is 1. The molecule has 0 aliphatic carbocycles. The average Bonchev–Trinajstić information content (AvgIpc) is 3.19. The topological polar surface area (TPSA) is 63.6 Å². The van der Waals surface area contributed by atoms with Gasteiger partial charge in [0.2, 0.25) is 0 Å². The van der Waals surface area contributed by atoms with Gasteiger partial charge in [-0.25, -0.2) is 0 Å². The van der Waals surface area contributed by atoms with E-state index in [9.17, 15) is 9.59 Å². The predicted octanol–water partition coefficient (Wildman–Crippen LogP) is 1.96. The van der Waals surface area contributed by atoms with Crippen molar-refractivity contribution in [3.8, 4) is 5.75 Å². The lowest BCUT2D eigenvalue weighted by molar-refractivity contribution is 0.0937. The summed E-state index contributed by atoms with van der Waals surface area (Å²) in [6.45, 7) is 2.48. The molecule has 0 unspecified atom stereocenters. The molecule has 6 nitrogen and oxygen atoms in total. The summed E-state index contributed by atoms with van der Waals surface area (Å²) < 4.78 is 6.97. The average molecular weight is 355 g/mol. The Bertz CT molecular complexity index is 825. The summed E-state index contributed by atoms with van der Waals surface area (Å²) in [5, 5.41) is 2.99. The van der Waals surface area contributed by atoms with E-state index < -0.39 is 0 Å². The summed E-state index contributed by atoms with van der Waals surface area (Å²) in [6, 6.07) is 11.0. The fourth-order valence-corrected chi connectivity index (χ4v) is 3.41. The van der Waals surface area contributed by atoms with Crippen LogP contribution in [0.3, 0.4) is 0 Å². The molecule has 1 aromatic carbocycles. The standard InChI is InChI=1S/C20H25N3O3/c1-22-12-9-15(13-19(22)24)20(25)21-14-17(23-10-5-6-11-23)16-7-3-4-8-18(16)26-2/h3-4,7-9,12-13,17H,5-6,10-11,14H2,1-2H3,(H,21,25)/t17-/m0/s1. The van der Waals surface area contributed by atoms with Crippen LogP contribution in [-0.4, -0.2) is 42.1 Å². The highest BCUT2D eigenvalue weighted by molar-refractivity contribution is 5.94. The lowest BCUT2D eigenvalue weighted by Gasteiger charge is -2.29. The van der Waals surface area contributed by atoms with Crippen LogP contribution in [0.5, 0.6) is 5.75 Å². The van der Waals surface area contributed by atoms with Crippen molar-refractivity contribution in [2.24, 2.45) is 7.05 Å². The lowest BCUT2D eigenvalue weighted by Crippen LogP contribution is -2.37. The number of aromatic nitrogens is 1. The van der Waals surface area contributed by atoms with Crippen molar-refractivity contribution in [2.45, 2.75) is 18.9 Å². The summed E-state index contributed by atoms with van der Waals surface area (Å²) in [5.41, 5.74) is 1.26. The number of pyridine rings is 1. The molecule has 1 N–H and O–H groups in total. The molecule has 3 rings (SSSR count). The Kier molecular flexibility index (Phi) is 5.73. The van der Waals surface area contributed by atoms with Crippen LogP contribution in [0, 0.1) is 0 Å². The third-order valence-corrected chi connectivity index (χ3v) is 4.90. The minimum Gasteiger partial charge on any atom is -0.496 e. The fraction of sp³-hybridized carbons (Fsp3) is 0.400. The Morgan fingerprint density at radius 1 is 1.23 bits per heavy atom. The minimum absolute atomic E-state index is 0.0455. The molecular formula is C20H25N3O3. The second kappa shape index (κ2) is 8.19. The van der Waals surface area contributed by atoms with E-state index in [0.717, 1.165) is 37.2 Å². The quantitative estimate of drug-likeness (QED) is 0.860. The van der Waals surface area contributed by atoms with Gasteiger partial charge in [-0.05, 0) is 38.1 Å². The Morgan fingerprint density at radius 3 is 2.65 bits per heavy atom. The van der Waals surface area contributed by atoms with E-state index in [1.54, 1.807) is 26.4 Å². The number of carbonyl (C=O) groups is 1. The van der Waals surface area contributed by atoms with Gasteiger partial charge in [0.1, 0.15) is 5.75 Å². The van der Waals surface area contributed by atoms with Gasteiger partial charge in [0.15, 0.2) is 0 Å². The number of ether oxygens (including phenoxy) is 1. The van der Waals surface area contributed by atoms with Crippen LogP contribution in [0.4, 0.5) is 0 Å². The van der Waals surface area contributed by atoms with E-state index in [1.807, 2.05) is 24.3 Å². The fourth-order valence-electron chi connectivity index (χ4n) is 3.41. The molecule has 6 heteroatoms. The van der Waals surface area contributed by atoms with Crippen LogP contribution < -0.4 is 15.6 Å². The summed E-state index contributed by atoms with van der Waals surface area (Å²) >= 11 is 0. The van der Waals surface area contributed by atoms with Crippen molar-refractivity contribution in [1.82, 2.24) is 14.8 Å². The number of nitrogens with one attached hydrogen (secondary N) is 1. The molecular weight excluding hydrogens is 330 g/mol. The van der Waals surface area contributed by atoms with E-state index in [2.05, 4.69) is 10.2 Å². The molecule has 1 fully saturated rings. The van der Waals surface area contributed by atoms with Crippen molar-refractivity contribution < 1.29 is 9.53 Å². The van der Waals surface area contributed by atoms with Crippen LogP contribution in [0.1, 0.15) is 34.8 Å². The molecule has 1 atom stereocenters. The zero-order chi connectivity index (χ0) is 18.5. The predicted molar refractivity (Wildman–Crippen MR) is 101 cm³/mol. The van der Waals surface area contributed by atoms with Gasteiger partial charge >= 0.3 is 0 Å². The highest BCUT2D eigenvalue weighted by Gasteiger charge is 2.26. The number of para-hydroxylation sites is 1. The molecule has 1 aliphatic heterocycles. The van der Waals surface area contributed by atoms with E-state index in [0.29, 0.717) is 12.1 Å². The smallest absolute Gasteiger partial charge is 0.251 e. The van der Waals surface area contributed by atoms with Gasteiger partial charge in [0.05, 0.1) is 13.2 Å². The highest BCUT2D eigenvalue weighted by Crippen LogP contribution is 2.31. The minimum atomic E-state index is -0.234. The number of likely N-dealkylation sites (tertiary alicyclic amines) is 1. The van der Waals surface area contributed by atoms with Crippen molar-refractivity contribution >= 4 is 5.91 Å². The first-order valence-electron chi connectivity index (χ1n) is 8.92. The van der Waals surface area contributed by atoms with E-state index in [1.165, 1.54) is 10.6 Å². The Hall–Kier alpha value is -2.60. The third-order valence-electron chi connectivity index (χ3n) is 4.90. The zero-order valence-electron chi connectivity index (χ0n) is 15.3. The van der Waals surface area contributed by atoms with E-state index in [-0.39, 0.29) is 17.5 Å². The van der Waals surface area contributed by atoms with Gasteiger partial charge in [-0.15, -0.1) is 0 Å². The molecule has 0 spiro atoms. The zero-order valence-corrected chi connectivity index (χ0v) is 15.3. The first-order valence-corrected chi connectivity index (χ1v) is 8.92. The molecule has 2 heterocycles. The molecule has 1 amide bonds.